The molecule has 0 amide bonds. The molecule has 0 aliphatic rings. The molecule has 0 N–H and O–H groups in total. The van der Waals surface area contributed by atoms with Crippen LogP contribution < -0.4 is 0 Å². The molecule has 11 heavy (non-hydrogen) atoms. The molecule has 0 atom stereocenters. The molecule has 0 fully saturated rings. The van der Waals surface area contributed by atoms with Gasteiger partial charge < -0.3 is 4.42 Å². The third-order valence-electron chi connectivity index (χ3n) is 1.20. The van der Waals surface area contributed by atoms with Gasteiger partial charge in [0.25, 0.3) is 0 Å². The SMILES string of the molecule is CCCc1nc(C#N)c(Cl)o1. The van der Waals surface area contributed by atoms with E-state index in [4.69, 9.17) is 21.3 Å². The fraction of sp³-hybridized carbons (Fsp3) is 0.429. The first kappa shape index (κ1) is 8.09. The monoisotopic (exact) mass is 170 g/mol. The minimum absolute atomic E-state index is 0.0935. The Morgan fingerprint density at radius 2 is 2.45 bits per heavy atom. The number of nitriles is 1. The summed E-state index contributed by atoms with van der Waals surface area (Å²) in [4.78, 5) is 3.86. The predicted octanol–water partition coefficient (Wildman–Crippen LogP) is 2.15. The lowest BCUT2D eigenvalue weighted by atomic mass is 10.3. The minimum Gasteiger partial charge on any atom is -0.428 e. The summed E-state index contributed by atoms with van der Waals surface area (Å²) >= 11 is 5.53. The van der Waals surface area contributed by atoms with Gasteiger partial charge in [0.1, 0.15) is 6.07 Å². The summed E-state index contributed by atoms with van der Waals surface area (Å²) in [5, 5.41) is 8.54. The van der Waals surface area contributed by atoms with Crippen LogP contribution >= 0.6 is 11.6 Å². The summed E-state index contributed by atoms with van der Waals surface area (Å²) < 4.78 is 4.98. The first-order valence-electron chi connectivity index (χ1n) is 3.33. The predicted molar refractivity (Wildman–Crippen MR) is 40.2 cm³/mol. The summed E-state index contributed by atoms with van der Waals surface area (Å²) in [6.07, 6.45) is 1.66. The van der Waals surface area contributed by atoms with E-state index in [1.165, 1.54) is 0 Å². The van der Waals surface area contributed by atoms with Gasteiger partial charge in [-0.3, -0.25) is 0 Å². The maximum absolute atomic E-state index is 8.44. The Labute approximate surface area is 69.6 Å². The number of aromatic nitrogens is 1. The second-order valence-corrected chi connectivity index (χ2v) is 2.44. The molecule has 0 aliphatic carbocycles. The number of hydrogen-bond donors (Lipinski definition) is 0. The Morgan fingerprint density at radius 3 is 2.91 bits per heavy atom. The average Bonchev–Trinajstić information content (AvgIpc) is 2.32. The summed E-state index contributed by atoms with van der Waals surface area (Å²) in [6, 6.07) is 1.84. The molecule has 0 radical (unpaired) electrons. The van der Waals surface area contributed by atoms with Crippen molar-refractivity contribution >= 4 is 11.6 Å². The fourth-order valence-corrected chi connectivity index (χ4v) is 0.907. The van der Waals surface area contributed by atoms with Crippen molar-refractivity contribution in [1.82, 2.24) is 4.98 Å². The van der Waals surface area contributed by atoms with Crippen LogP contribution in [0, 0.1) is 11.3 Å². The standard InChI is InChI=1S/C7H7ClN2O/c1-2-3-6-10-5(4-9)7(8)11-6/h2-3H2,1H3. The zero-order valence-electron chi connectivity index (χ0n) is 6.09. The van der Waals surface area contributed by atoms with Crippen molar-refractivity contribution in [3.8, 4) is 6.07 Å². The summed E-state index contributed by atoms with van der Waals surface area (Å²) in [7, 11) is 0. The molecular weight excluding hydrogens is 164 g/mol. The van der Waals surface area contributed by atoms with E-state index in [9.17, 15) is 0 Å². The van der Waals surface area contributed by atoms with Crippen LogP contribution in [0.1, 0.15) is 24.9 Å². The quantitative estimate of drug-likeness (QED) is 0.684. The van der Waals surface area contributed by atoms with Crippen molar-refractivity contribution in [2.24, 2.45) is 0 Å². The fourth-order valence-electron chi connectivity index (χ4n) is 0.733. The summed E-state index contributed by atoms with van der Waals surface area (Å²) in [6.45, 7) is 2.00. The first-order valence-corrected chi connectivity index (χ1v) is 3.71. The van der Waals surface area contributed by atoms with Gasteiger partial charge in [0.15, 0.2) is 11.6 Å². The molecule has 0 spiro atoms. The van der Waals surface area contributed by atoms with Crippen LogP contribution in [0.25, 0.3) is 0 Å². The van der Waals surface area contributed by atoms with Crippen LogP contribution in [-0.4, -0.2) is 4.98 Å². The highest BCUT2D eigenvalue weighted by atomic mass is 35.5. The van der Waals surface area contributed by atoms with Gasteiger partial charge in [0.2, 0.25) is 5.22 Å². The van der Waals surface area contributed by atoms with E-state index in [1.54, 1.807) is 0 Å². The molecule has 0 aromatic carbocycles. The van der Waals surface area contributed by atoms with Gasteiger partial charge in [-0.2, -0.15) is 5.26 Å². The van der Waals surface area contributed by atoms with E-state index < -0.39 is 0 Å². The Balaban J connectivity index is 2.89. The number of halogens is 1. The van der Waals surface area contributed by atoms with Gasteiger partial charge >= 0.3 is 0 Å². The third kappa shape index (κ3) is 1.72. The van der Waals surface area contributed by atoms with Crippen molar-refractivity contribution in [3.05, 3.63) is 16.8 Å². The number of aryl methyl sites for hydroxylation is 1. The van der Waals surface area contributed by atoms with Crippen LogP contribution in [0.2, 0.25) is 5.22 Å². The van der Waals surface area contributed by atoms with Gasteiger partial charge in [0, 0.05) is 6.42 Å². The lowest BCUT2D eigenvalue weighted by Crippen LogP contribution is -1.81. The molecule has 1 aromatic rings. The molecule has 1 rings (SSSR count). The molecule has 0 aliphatic heterocycles. The van der Waals surface area contributed by atoms with Crippen LogP contribution in [0.5, 0.6) is 0 Å². The van der Waals surface area contributed by atoms with Gasteiger partial charge in [-0.05, 0) is 18.0 Å². The van der Waals surface area contributed by atoms with Crippen molar-refractivity contribution < 1.29 is 4.42 Å². The van der Waals surface area contributed by atoms with Crippen molar-refractivity contribution in [2.45, 2.75) is 19.8 Å². The highest BCUT2D eigenvalue weighted by Crippen LogP contribution is 2.16. The second kappa shape index (κ2) is 3.40. The Bertz CT molecular complexity index is 287. The smallest absolute Gasteiger partial charge is 0.232 e. The highest BCUT2D eigenvalue weighted by Gasteiger charge is 2.08. The Hall–Kier alpha value is -1.01. The van der Waals surface area contributed by atoms with E-state index in [1.807, 2.05) is 13.0 Å². The number of oxazole rings is 1. The van der Waals surface area contributed by atoms with Crippen molar-refractivity contribution in [3.63, 3.8) is 0 Å². The van der Waals surface area contributed by atoms with Crippen LogP contribution in [0.4, 0.5) is 0 Å². The molecule has 3 nitrogen and oxygen atoms in total. The van der Waals surface area contributed by atoms with E-state index >= 15 is 0 Å². The van der Waals surface area contributed by atoms with Gasteiger partial charge in [-0.1, -0.05) is 6.92 Å². The molecular formula is C7H7ClN2O. The maximum atomic E-state index is 8.44. The lowest BCUT2D eigenvalue weighted by molar-refractivity contribution is 0.493. The molecule has 0 saturated carbocycles. The molecule has 0 saturated heterocycles. The van der Waals surface area contributed by atoms with E-state index in [0.29, 0.717) is 5.89 Å². The van der Waals surface area contributed by atoms with Gasteiger partial charge in [-0.25, -0.2) is 4.98 Å². The largest absolute Gasteiger partial charge is 0.428 e. The Morgan fingerprint density at radius 1 is 1.73 bits per heavy atom. The normalized spacial score (nSPS) is 9.55. The maximum Gasteiger partial charge on any atom is 0.232 e. The topological polar surface area (TPSA) is 49.8 Å². The van der Waals surface area contributed by atoms with Crippen LogP contribution in [-0.2, 0) is 6.42 Å². The molecule has 4 heteroatoms. The Kier molecular flexibility index (Phi) is 2.50. The summed E-state index contributed by atoms with van der Waals surface area (Å²) in [5.74, 6) is 0.536. The van der Waals surface area contributed by atoms with E-state index in [-0.39, 0.29) is 10.9 Å². The minimum atomic E-state index is 0.0935. The second-order valence-electron chi connectivity index (χ2n) is 2.09. The molecule has 1 heterocycles. The molecule has 58 valence electrons. The zero-order chi connectivity index (χ0) is 8.27. The van der Waals surface area contributed by atoms with Gasteiger partial charge in [0.05, 0.1) is 0 Å². The highest BCUT2D eigenvalue weighted by molar-refractivity contribution is 6.29. The average molecular weight is 171 g/mol. The molecule has 0 bridgehead atoms. The first-order chi connectivity index (χ1) is 5.27. The third-order valence-corrected chi connectivity index (χ3v) is 1.46. The van der Waals surface area contributed by atoms with Gasteiger partial charge in [-0.15, -0.1) is 0 Å². The van der Waals surface area contributed by atoms with Crippen molar-refractivity contribution in [2.75, 3.05) is 0 Å². The van der Waals surface area contributed by atoms with Crippen molar-refractivity contribution in [1.29, 1.82) is 5.26 Å². The van der Waals surface area contributed by atoms with E-state index in [2.05, 4.69) is 4.98 Å². The zero-order valence-corrected chi connectivity index (χ0v) is 6.85. The summed E-state index contributed by atoms with van der Waals surface area (Å²) in [5.41, 5.74) is 0.176. The van der Waals surface area contributed by atoms with E-state index in [0.717, 1.165) is 12.8 Å². The number of rotatable bonds is 2. The van der Waals surface area contributed by atoms with Crippen LogP contribution in [0.3, 0.4) is 0 Å². The number of hydrogen-bond acceptors (Lipinski definition) is 3. The number of nitrogens with zero attached hydrogens (tertiary/aromatic N) is 2. The molecule has 1 aromatic heterocycles. The molecule has 0 unspecified atom stereocenters. The lowest BCUT2D eigenvalue weighted by Gasteiger charge is -1.84. The van der Waals surface area contributed by atoms with Crippen LogP contribution in [0.15, 0.2) is 4.42 Å².